The summed E-state index contributed by atoms with van der Waals surface area (Å²) in [5.74, 6) is 1.57. The van der Waals surface area contributed by atoms with E-state index in [0.29, 0.717) is 66.1 Å². The topological polar surface area (TPSA) is 81.2 Å². The molecule has 8 rings (SSSR count). The van der Waals surface area contributed by atoms with Crippen molar-refractivity contribution < 1.29 is 28.4 Å². The highest BCUT2D eigenvalue weighted by molar-refractivity contribution is 6.04. The number of ether oxygens (including phenoxy) is 6. The van der Waals surface area contributed by atoms with Gasteiger partial charge in [0.25, 0.3) is 0 Å². The first-order valence-electron chi connectivity index (χ1n) is 14.3. The fraction of sp³-hybridized carbons (Fsp3) is 0.314. The van der Waals surface area contributed by atoms with E-state index in [4.69, 9.17) is 38.4 Å². The molecule has 0 saturated carbocycles. The number of nitrogens with zero attached hydrogens (tertiary/aromatic N) is 2. The van der Waals surface area contributed by atoms with Gasteiger partial charge in [0.15, 0.2) is 0 Å². The van der Waals surface area contributed by atoms with Crippen LogP contribution in [-0.2, 0) is 18.9 Å². The SMILES string of the molecule is C.c1cc2ccc1OCCOCCOCCOCCOCCOc1ccc(cc1)-c1ccc3ccc4ccc-2nc4c3n1. The summed E-state index contributed by atoms with van der Waals surface area (Å²) in [6.45, 7) is 4.97. The normalized spacial score (nSPS) is 15.7. The maximum Gasteiger partial charge on any atom is 0.119 e. The summed E-state index contributed by atoms with van der Waals surface area (Å²) >= 11 is 0. The van der Waals surface area contributed by atoms with Crippen LogP contribution in [0.2, 0.25) is 0 Å². The van der Waals surface area contributed by atoms with E-state index in [1.165, 1.54) is 0 Å². The van der Waals surface area contributed by atoms with Gasteiger partial charge in [-0.2, -0.15) is 0 Å². The lowest BCUT2D eigenvalue weighted by Crippen LogP contribution is -2.14. The molecule has 2 aromatic heterocycles. The molecule has 3 aliphatic rings. The van der Waals surface area contributed by atoms with Gasteiger partial charge in [0.2, 0.25) is 0 Å². The van der Waals surface area contributed by atoms with E-state index in [9.17, 15) is 0 Å². The Morgan fingerprint density at radius 2 is 0.698 bits per heavy atom. The summed E-state index contributed by atoms with van der Waals surface area (Å²) in [5.41, 5.74) is 5.53. The van der Waals surface area contributed by atoms with Crippen LogP contribution in [0.3, 0.4) is 0 Å². The number of aromatic nitrogens is 2. The summed E-state index contributed by atoms with van der Waals surface area (Å²) in [6.07, 6.45) is 0. The lowest BCUT2D eigenvalue weighted by molar-refractivity contribution is -0.00698. The van der Waals surface area contributed by atoms with Gasteiger partial charge >= 0.3 is 0 Å². The van der Waals surface area contributed by atoms with E-state index in [2.05, 4.69) is 24.3 Å². The van der Waals surface area contributed by atoms with Gasteiger partial charge in [0.1, 0.15) is 24.7 Å². The van der Waals surface area contributed by atoms with Gasteiger partial charge in [0, 0.05) is 21.9 Å². The first-order valence-corrected chi connectivity index (χ1v) is 14.3. The van der Waals surface area contributed by atoms with Crippen molar-refractivity contribution in [2.45, 2.75) is 7.43 Å². The lowest BCUT2D eigenvalue weighted by atomic mass is 10.1. The summed E-state index contributed by atoms with van der Waals surface area (Å²) in [7, 11) is 0. The highest BCUT2D eigenvalue weighted by Gasteiger charge is 2.10. The van der Waals surface area contributed by atoms with Gasteiger partial charge in [-0.05, 0) is 60.7 Å². The largest absolute Gasteiger partial charge is 0.491 e. The maximum atomic E-state index is 5.85. The van der Waals surface area contributed by atoms with E-state index >= 15 is 0 Å². The Morgan fingerprint density at radius 1 is 0.372 bits per heavy atom. The molecular weight excluding hydrogens is 544 g/mol. The average molecular weight is 583 g/mol. The van der Waals surface area contributed by atoms with E-state index in [1.807, 2.05) is 60.7 Å². The van der Waals surface area contributed by atoms with Crippen molar-refractivity contribution in [1.29, 1.82) is 0 Å². The minimum Gasteiger partial charge on any atom is -0.491 e. The van der Waals surface area contributed by atoms with Gasteiger partial charge in [-0.15, -0.1) is 0 Å². The molecule has 5 heterocycles. The predicted molar refractivity (Wildman–Crippen MR) is 169 cm³/mol. The molecule has 0 atom stereocenters. The fourth-order valence-electron chi connectivity index (χ4n) is 4.73. The molecule has 8 heteroatoms. The van der Waals surface area contributed by atoms with Crippen LogP contribution < -0.4 is 9.47 Å². The van der Waals surface area contributed by atoms with Crippen molar-refractivity contribution in [2.75, 3.05) is 66.1 Å². The summed E-state index contributed by atoms with van der Waals surface area (Å²) in [4.78, 5) is 10.1. The van der Waals surface area contributed by atoms with Crippen molar-refractivity contribution in [2.24, 2.45) is 0 Å². The van der Waals surface area contributed by atoms with Gasteiger partial charge in [-0.3, -0.25) is 0 Å². The van der Waals surface area contributed by atoms with Crippen molar-refractivity contribution in [1.82, 2.24) is 9.97 Å². The van der Waals surface area contributed by atoms with Crippen LogP contribution in [0.4, 0.5) is 0 Å². The minimum absolute atomic E-state index is 0. The minimum atomic E-state index is 0. The highest BCUT2D eigenvalue weighted by Crippen LogP contribution is 2.30. The number of hydrogen-bond acceptors (Lipinski definition) is 8. The maximum absolute atomic E-state index is 5.85. The molecule has 3 aromatic carbocycles. The van der Waals surface area contributed by atoms with E-state index in [-0.39, 0.29) is 7.43 Å². The molecule has 0 radical (unpaired) electrons. The van der Waals surface area contributed by atoms with Crippen LogP contribution in [0.1, 0.15) is 7.43 Å². The third kappa shape index (κ3) is 8.06. The zero-order valence-corrected chi connectivity index (χ0v) is 23.5. The molecule has 43 heavy (non-hydrogen) atoms. The smallest absolute Gasteiger partial charge is 0.119 e. The quantitative estimate of drug-likeness (QED) is 0.189. The van der Waals surface area contributed by atoms with E-state index < -0.39 is 0 Å². The fourth-order valence-corrected chi connectivity index (χ4v) is 4.73. The first-order chi connectivity index (χ1) is 20.8. The van der Waals surface area contributed by atoms with Gasteiger partial charge < -0.3 is 28.4 Å². The third-order valence-electron chi connectivity index (χ3n) is 6.93. The number of rotatable bonds is 0. The van der Waals surface area contributed by atoms with Gasteiger partial charge in [-0.1, -0.05) is 31.7 Å². The monoisotopic (exact) mass is 582 g/mol. The Hall–Kier alpha value is -4.08. The molecule has 224 valence electrons. The Balaban J connectivity index is 0.00000368. The van der Waals surface area contributed by atoms with Crippen LogP contribution >= 0.6 is 0 Å². The Labute approximate surface area is 252 Å². The molecule has 8 nitrogen and oxygen atoms in total. The third-order valence-corrected chi connectivity index (χ3v) is 6.93. The number of hydrogen-bond donors (Lipinski definition) is 0. The van der Waals surface area contributed by atoms with Gasteiger partial charge in [-0.25, -0.2) is 9.97 Å². The first kappa shape index (κ1) is 30.4. The van der Waals surface area contributed by atoms with Crippen molar-refractivity contribution in [3.63, 3.8) is 0 Å². The highest BCUT2D eigenvalue weighted by atomic mass is 16.6. The number of pyridine rings is 2. The van der Waals surface area contributed by atoms with Crippen molar-refractivity contribution >= 4 is 21.8 Å². The second-order valence-electron chi connectivity index (χ2n) is 9.80. The second-order valence-corrected chi connectivity index (χ2v) is 9.80. The second kappa shape index (κ2) is 15.4. The van der Waals surface area contributed by atoms with Crippen LogP contribution in [0.5, 0.6) is 11.5 Å². The Kier molecular flexibility index (Phi) is 10.9. The molecular formula is C35H38N2O6. The molecule has 5 aromatic rings. The van der Waals surface area contributed by atoms with Crippen LogP contribution in [-0.4, -0.2) is 76.0 Å². The summed E-state index contributed by atoms with van der Waals surface area (Å²) in [6, 6.07) is 28.4. The Morgan fingerprint density at radius 3 is 1.07 bits per heavy atom. The standard InChI is InChI=1S/C34H34N2O6.CH4/c1-2-28-8-14-32-26-5-11-30(12-6-26)42-24-22-40-20-18-38-16-15-37-17-19-39-21-23-41-29-9-3-25(4-10-29)31-13-7-27(1)33(35-31)34(28)36-32;/h1-14H,15-24H2;1H4. The van der Waals surface area contributed by atoms with Crippen LogP contribution in [0.25, 0.3) is 44.3 Å². The number of benzene rings is 3. The van der Waals surface area contributed by atoms with Gasteiger partial charge in [0.05, 0.1) is 75.3 Å². The predicted octanol–water partition coefficient (Wildman–Crippen LogP) is 6.59. The molecule has 0 aliphatic carbocycles. The van der Waals surface area contributed by atoms with Crippen LogP contribution in [0, 0.1) is 0 Å². The molecule has 0 fully saturated rings. The van der Waals surface area contributed by atoms with Crippen molar-refractivity contribution in [3.8, 4) is 34.0 Å². The van der Waals surface area contributed by atoms with Crippen molar-refractivity contribution in [3.05, 3.63) is 84.9 Å². The molecule has 3 aliphatic heterocycles. The van der Waals surface area contributed by atoms with E-state index in [1.54, 1.807) is 0 Å². The van der Waals surface area contributed by atoms with Crippen LogP contribution in [0.15, 0.2) is 84.9 Å². The zero-order valence-electron chi connectivity index (χ0n) is 23.5. The molecule has 0 unspecified atom stereocenters. The average Bonchev–Trinajstić information content (AvgIpc) is 3.04. The lowest BCUT2D eigenvalue weighted by Gasteiger charge is -2.11. The molecule has 8 bridgehead atoms. The van der Waals surface area contributed by atoms with E-state index in [0.717, 1.165) is 55.8 Å². The summed E-state index contributed by atoms with van der Waals surface area (Å²) in [5, 5.41) is 2.09. The number of fused-ring (bicyclic) bond motifs is 2. The molecule has 0 amide bonds. The Bertz CT molecular complexity index is 1470. The molecule has 0 saturated heterocycles. The molecule has 0 spiro atoms. The zero-order chi connectivity index (χ0) is 28.4. The molecule has 0 N–H and O–H groups in total. The summed E-state index contributed by atoms with van der Waals surface area (Å²) < 4.78 is 34.0.